The van der Waals surface area contributed by atoms with Crippen molar-refractivity contribution in [2.75, 3.05) is 16.8 Å². The Bertz CT molecular complexity index is 568. The average Bonchev–Trinajstić information content (AvgIpc) is 2.99. The van der Waals surface area contributed by atoms with Gasteiger partial charge in [0.1, 0.15) is 5.52 Å². The molecule has 0 bridgehead atoms. The Morgan fingerprint density at radius 2 is 2.37 bits per heavy atom. The van der Waals surface area contributed by atoms with Gasteiger partial charge in [-0.15, -0.1) is 0 Å². The van der Waals surface area contributed by atoms with Crippen LogP contribution in [0.5, 0.6) is 0 Å². The summed E-state index contributed by atoms with van der Waals surface area (Å²) in [5, 5.41) is 4.17. The van der Waals surface area contributed by atoms with Crippen molar-refractivity contribution in [3.63, 3.8) is 0 Å². The van der Waals surface area contributed by atoms with Gasteiger partial charge in [0, 0.05) is 11.3 Å². The Hall–Kier alpha value is -1.50. The van der Waals surface area contributed by atoms with Crippen LogP contribution in [-0.2, 0) is 0 Å². The van der Waals surface area contributed by atoms with Gasteiger partial charge < -0.3 is 16.0 Å². The van der Waals surface area contributed by atoms with Gasteiger partial charge in [0.05, 0.1) is 6.33 Å². The van der Waals surface area contributed by atoms with E-state index in [-0.39, 0.29) is 5.95 Å². The fourth-order valence-electron chi connectivity index (χ4n) is 2.63. The van der Waals surface area contributed by atoms with E-state index >= 15 is 0 Å². The van der Waals surface area contributed by atoms with Crippen molar-refractivity contribution in [1.82, 2.24) is 19.9 Å². The number of nitrogen functional groups attached to an aromatic ring is 1. The molecule has 1 aliphatic rings. The molecular formula is C12H18N6S. The molecule has 1 aliphatic carbocycles. The molecule has 2 atom stereocenters. The highest BCUT2D eigenvalue weighted by Crippen LogP contribution is 2.32. The van der Waals surface area contributed by atoms with E-state index in [0.29, 0.717) is 16.9 Å². The Morgan fingerprint density at radius 1 is 1.47 bits per heavy atom. The topological polar surface area (TPSA) is 92.5 Å². The molecule has 0 aromatic carbocycles. The summed E-state index contributed by atoms with van der Waals surface area (Å²) in [5.74, 6) is 2.18. The van der Waals surface area contributed by atoms with Crippen molar-refractivity contribution in [3.8, 4) is 0 Å². The second-order valence-electron chi connectivity index (χ2n) is 4.71. The van der Waals surface area contributed by atoms with Crippen LogP contribution in [0.25, 0.3) is 11.2 Å². The van der Waals surface area contributed by atoms with E-state index in [1.165, 1.54) is 19.3 Å². The van der Waals surface area contributed by atoms with Crippen LogP contribution in [0.1, 0.15) is 26.2 Å². The molecule has 0 aliphatic heterocycles. The number of rotatable bonds is 4. The van der Waals surface area contributed by atoms with Gasteiger partial charge in [-0.2, -0.15) is 21.7 Å². The molecule has 0 spiro atoms. The van der Waals surface area contributed by atoms with E-state index in [1.807, 2.05) is 11.8 Å². The van der Waals surface area contributed by atoms with Crippen LogP contribution >= 0.6 is 11.8 Å². The quantitative estimate of drug-likeness (QED) is 0.792. The normalized spacial score (nSPS) is 23.0. The van der Waals surface area contributed by atoms with E-state index in [4.69, 9.17) is 5.73 Å². The summed E-state index contributed by atoms with van der Waals surface area (Å²) in [6, 6.07) is 0.450. The predicted octanol–water partition coefficient (Wildman–Crippen LogP) is 2.02. The molecule has 7 heteroatoms. The van der Waals surface area contributed by atoms with Gasteiger partial charge in [0.2, 0.25) is 5.95 Å². The lowest BCUT2D eigenvalue weighted by Crippen LogP contribution is -2.27. The molecule has 102 valence electrons. The van der Waals surface area contributed by atoms with E-state index in [2.05, 4.69) is 32.2 Å². The van der Waals surface area contributed by atoms with Crippen molar-refractivity contribution in [3.05, 3.63) is 6.33 Å². The minimum absolute atomic E-state index is 0.264. The number of anilines is 2. The number of aromatic amines is 1. The van der Waals surface area contributed by atoms with Gasteiger partial charge in [-0.25, -0.2) is 4.98 Å². The molecule has 4 N–H and O–H groups in total. The molecule has 1 saturated carbocycles. The Kier molecular flexibility index (Phi) is 3.46. The van der Waals surface area contributed by atoms with Crippen molar-refractivity contribution >= 4 is 34.7 Å². The van der Waals surface area contributed by atoms with Crippen LogP contribution in [0.3, 0.4) is 0 Å². The summed E-state index contributed by atoms with van der Waals surface area (Å²) < 4.78 is 0. The van der Waals surface area contributed by atoms with Gasteiger partial charge in [0.15, 0.2) is 11.5 Å². The number of nitrogens with two attached hydrogens (primary N) is 1. The first kappa shape index (κ1) is 12.5. The summed E-state index contributed by atoms with van der Waals surface area (Å²) in [4.78, 5) is 15.6. The van der Waals surface area contributed by atoms with E-state index in [1.54, 1.807) is 6.33 Å². The number of hydrogen-bond acceptors (Lipinski definition) is 6. The first-order chi connectivity index (χ1) is 9.28. The van der Waals surface area contributed by atoms with Gasteiger partial charge in [-0.1, -0.05) is 13.3 Å². The average molecular weight is 278 g/mol. The SMILES string of the molecule is CCSC1CCCC1Nc1nc(N)nc2nc[nH]c12. The summed E-state index contributed by atoms with van der Waals surface area (Å²) in [5.41, 5.74) is 7.18. The Balaban J connectivity index is 1.86. The highest BCUT2D eigenvalue weighted by atomic mass is 32.2. The molecule has 3 rings (SSSR count). The summed E-state index contributed by atoms with van der Waals surface area (Å²) in [7, 11) is 0. The van der Waals surface area contributed by atoms with E-state index in [0.717, 1.165) is 17.1 Å². The van der Waals surface area contributed by atoms with Crippen molar-refractivity contribution in [1.29, 1.82) is 0 Å². The molecule has 2 heterocycles. The number of nitrogens with zero attached hydrogens (tertiary/aromatic N) is 3. The van der Waals surface area contributed by atoms with Crippen LogP contribution in [0.15, 0.2) is 6.33 Å². The zero-order valence-electron chi connectivity index (χ0n) is 10.9. The maximum absolute atomic E-state index is 5.73. The Morgan fingerprint density at radius 3 is 3.21 bits per heavy atom. The minimum atomic E-state index is 0.264. The van der Waals surface area contributed by atoms with E-state index < -0.39 is 0 Å². The second-order valence-corrected chi connectivity index (χ2v) is 6.22. The third kappa shape index (κ3) is 2.47. The van der Waals surface area contributed by atoms with Gasteiger partial charge in [-0.3, -0.25) is 0 Å². The molecular weight excluding hydrogens is 260 g/mol. The van der Waals surface area contributed by atoms with Crippen LogP contribution in [0.4, 0.5) is 11.8 Å². The third-order valence-electron chi connectivity index (χ3n) is 3.46. The molecule has 19 heavy (non-hydrogen) atoms. The number of H-pyrrole nitrogens is 1. The summed E-state index contributed by atoms with van der Waals surface area (Å²) in [6.07, 6.45) is 5.33. The van der Waals surface area contributed by atoms with Crippen LogP contribution in [0, 0.1) is 0 Å². The lowest BCUT2D eigenvalue weighted by Gasteiger charge is -2.20. The first-order valence-corrected chi connectivity index (χ1v) is 7.67. The van der Waals surface area contributed by atoms with Crippen LogP contribution in [-0.4, -0.2) is 37.0 Å². The Labute approximate surface area is 116 Å². The number of imidazole rings is 1. The van der Waals surface area contributed by atoms with Gasteiger partial charge in [-0.05, 0) is 18.6 Å². The third-order valence-corrected chi connectivity index (χ3v) is 4.78. The fourth-order valence-corrected chi connectivity index (χ4v) is 3.83. The standard InChI is InChI=1S/C12H18N6S/c1-2-19-8-5-3-4-7(8)16-11-9-10(15-6-14-9)17-12(13)18-11/h6-8H,2-5H2,1H3,(H4,13,14,15,16,17,18). The number of fused-ring (bicyclic) bond motifs is 1. The molecule has 1 fully saturated rings. The molecule has 2 unspecified atom stereocenters. The maximum Gasteiger partial charge on any atom is 0.224 e. The zero-order chi connectivity index (χ0) is 13.2. The molecule has 0 saturated heterocycles. The highest BCUT2D eigenvalue weighted by Gasteiger charge is 2.28. The number of hydrogen-bond donors (Lipinski definition) is 3. The molecule has 0 radical (unpaired) electrons. The van der Waals surface area contributed by atoms with Crippen molar-refractivity contribution in [2.45, 2.75) is 37.5 Å². The van der Waals surface area contributed by atoms with Crippen LogP contribution < -0.4 is 11.1 Å². The van der Waals surface area contributed by atoms with Crippen molar-refractivity contribution < 1.29 is 0 Å². The van der Waals surface area contributed by atoms with Crippen molar-refractivity contribution in [2.24, 2.45) is 0 Å². The molecule has 2 aromatic rings. The van der Waals surface area contributed by atoms with Gasteiger partial charge >= 0.3 is 0 Å². The smallest absolute Gasteiger partial charge is 0.224 e. The first-order valence-electron chi connectivity index (χ1n) is 6.62. The van der Waals surface area contributed by atoms with Crippen LogP contribution in [0.2, 0.25) is 0 Å². The second kappa shape index (κ2) is 5.24. The maximum atomic E-state index is 5.73. The fraction of sp³-hybridized carbons (Fsp3) is 0.583. The molecule has 6 nitrogen and oxygen atoms in total. The number of nitrogens with one attached hydrogen (secondary N) is 2. The lowest BCUT2D eigenvalue weighted by atomic mass is 10.2. The lowest BCUT2D eigenvalue weighted by molar-refractivity contribution is 0.763. The predicted molar refractivity (Wildman–Crippen MR) is 79.3 cm³/mol. The highest BCUT2D eigenvalue weighted by molar-refractivity contribution is 7.99. The summed E-state index contributed by atoms with van der Waals surface area (Å²) in [6.45, 7) is 2.20. The minimum Gasteiger partial charge on any atom is -0.368 e. The zero-order valence-corrected chi connectivity index (χ0v) is 11.7. The van der Waals surface area contributed by atoms with Gasteiger partial charge in [0.25, 0.3) is 0 Å². The number of thioether (sulfide) groups is 1. The monoisotopic (exact) mass is 278 g/mol. The van der Waals surface area contributed by atoms with E-state index in [9.17, 15) is 0 Å². The number of aromatic nitrogens is 4. The summed E-state index contributed by atoms with van der Waals surface area (Å²) >= 11 is 2.01. The molecule has 2 aromatic heterocycles. The molecule has 0 amide bonds. The largest absolute Gasteiger partial charge is 0.368 e.